The predicted molar refractivity (Wildman–Crippen MR) is 177 cm³/mol. The summed E-state index contributed by atoms with van der Waals surface area (Å²) < 4.78 is 11.0. The van der Waals surface area contributed by atoms with E-state index in [0.29, 0.717) is 0 Å². The first kappa shape index (κ1) is 31.5. The van der Waals surface area contributed by atoms with Crippen molar-refractivity contribution in [3.05, 3.63) is 138 Å². The first-order chi connectivity index (χ1) is 22.1. The lowest BCUT2D eigenvalue weighted by atomic mass is 9.74. The number of hydrogen-bond acceptors (Lipinski definition) is 7. The van der Waals surface area contributed by atoms with E-state index in [4.69, 9.17) is 9.47 Å². The van der Waals surface area contributed by atoms with Crippen LogP contribution in [0.15, 0.2) is 115 Å². The number of aliphatic hydroxyl groups is 1. The van der Waals surface area contributed by atoms with Crippen LogP contribution in [0.4, 0.5) is 5.69 Å². The Kier molecular flexibility index (Phi) is 8.46. The molecule has 2 heterocycles. The minimum absolute atomic E-state index is 0.0649. The van der Waals surface area contributed by atoms with Crippen LogP contribution in [-0.4, -0.2) is 59.5 Å². The number of para-hydroxylation sites is 1. The topological polar surface area (TPSA) is 100 Å². The number of hydrogen-bond donors (Lipinski definition) is 3. The van der Waals surface area contributed by atoms with Crippen LogP contribution >= 0.6 is 0 Å². The molecule has 1 amide bonds. The molecule has 2 aliphatic rings. The van der Waals surface area contributed by atoms with Gasteiger partial charge in [0.05, 0.1) is 30.9 Å². The fraction of sp³-hybridized carbons (Fsp3) is 0.316. The average molecular weight is 620 g/mol. The third-order valence-electron chi connectivity index (χ3n) is 9.01. The molecule has 2 aliphatic heterocycles. The molecule has 8 nitrogen and oxygen atoms in total. The first-order valence-corrected chi connectivity index (χ1v) is 15.6. The molecule has 0 aliphatic carbocycles. The van der Waals surface area contributed by atoms with Gasteiger partial charge in [-0.3, -0.25) is 9.69 Å². The van der Waals surface area contributed by atoms with E-state index in [2.05, 4.69) is 51.9 Å². The van der Waals surface area contributed by atoms with Gasteiger partial charge in [0.1, 0.15) is 11.8 Å². The minimum atomic E-state index is -1.43. The lowest BCUT2D eigenvalue weighted by molar-refractivity contribution is -0.149. The van der Waals surface area contributed by atoms with Crippen LogP contribution in [0.2, 0.25) is 0 Å². The summed E-state index contributed by atoms with van der Waals surface area (Å²) in [5.41, 5.74) is 1.30. The first-order valence-electron chi connectivity index (χ1n) is 15.6. The molecule has 0 radical (unpaired) electrons. The summed E-state index contributed by atoms with van der Waals surface area (Å²) in [6.07, 6.45) is -0.626. The van der Waals surface area contributed by atoms with E-state index in [9.17, 15) is 14.7 Å². The van der Waals surface area contributed by atoms with E-state index >= 15 is 0 Å². The van der Waals surface area contributed by atoms with Gasteiger partial charge >= 0.3 is 5.97 Å². The highest BCUT2D eigenvalue weighted by molar-refractivity contribution is 5.89. The van der Waals surface area contributed by atoms with Gasteiger partial charge in [0.25, 0.3) is 0 Å². The number of amides is 1. The quantitative estimate of drug-likeness (QED) is 0.176. The number of likely N-dealkylation sites (tertiary alicyclic amines) is 1. The Morgan fingerprint density at radius 3 is 1.87 bits per heavy atom. The maximum absolute atomic E-state index is 14.7. The predicted octanol–water partition coefficient (Wildman–Crippen LogP) is 5.17. The normalized spacial score (nSPS) is 21.5. The zero-order chi connectivity index (χ0) is 32.5. The fourth-order valence-corrected chi connectivity index (χ4v) is 7.04. The molecule has 4 aromatic carbocycles. The van der Waals surface area contributed by atoms with Crippen molar-refractivity contribution in [1.82, 2.24) is 10.2 Å². The summed E-state index contributed by atoms with van der Waals surface area (Å²) in [5, 5.41) is 19.2. The number of carbonyl (C=O) groups is 2. The van der Waals surface area contributed by atoms with Crippen LogP contribution in [0.3, 0.4) is 0 Å². The highest BCUT2D eigenvalue weighted by Crippen LogP contribution is 2.56. The van der Waals surface area contributed by atoms with Crippen LogP contribution in [0.1, 0.15) is 49.4 Å². The number of benzene rings is 4. The van der Waals surface area contributed by atoms with Gasteiger partial charge < -0.3 is 25.2 Å². The second-order valence-corrected chi connectivity index (χ2v) is 13.0. The Balaban J connectivity index is 1.57. The van der Waals surface area contributed by atoms with Crippen molar-refractivity contribution >= 4 is 17.6 Å². The van der Waals surface area contributed by atoms with E-state index < -0.39 is 46.9 Å². The summed E-state index contributed by atoms with van der Waals surface area (Å²) in [6, 6.07) is 35.9. The lowest BCUT2D eigenvalue weighted by Crippen LogP contribution is -2.61. The Morgan fingerprint density at radius 2 is 1.37 bits per heavy atom. The van der Waals surface area contributed by atoms with Crippen LogP contribution in [0.25, 0.3) is 0 Å². The van der Waals surface area contributed by atoms with E-state index in [0.717, 1.165) is 27.9 Å². The van der Waals surface area contributed by atoms with Crippen LogP contribution in [-0.2, 0) is 30.2 Å². The molecule has 4 aromatic rings. The fourth-order valence-electron chi connectivity index (χ4n) is 7.04. The van der Waals surface area contributed by atoms with Gasteiger partial charge in [-0.2, -0.15) is 0 Å². The summed E-state index contributed by atoms with van der Waals surface area (Å²) in [4.78, 5) is 29.7. The van der Waals surface area contributed by atoms with E-state index in [1.165, 1.54) is 7.11 Å². The zero-order valence-corrected chi connectivity index (χ0v) is 26.6. The van der Waals surface area contributed by atoms with Crippen molar-refractivity contribution in [2.75, 3.05) is 19.0 Å². The van der Waals surface area contributed by atoms with Crippen molar-refractivity contribution < 1.29 is 24.2 Å². The molecule has 0 spiro atoms. The van der Waals surface area contributed by atoms with Crippen molar-refractivity contribution in [3.63, 3.8) is 0 Å². The highest BCUT2D eigenvalue weighted by Gasteiger charge is 2.64. The Hall–Kier alpha value is -4.50. The van der Waals surface area contributed by atoms with Gasteiger partial charge in [0, 0.05) is 17.7 Å². The molecule has 0 bridgehead atoms. The molecule has 46 heavy (non-hydrogen) atoms. The van der Waals surface area contributed by atoms with Gasteiger partial charge in [-0.25, -0.2) is 4.79 Å². The molecule has 1 fully saturated rings. The summed E-state index contributed by atoms with van der Waals surface area (Å²) in [6.45, 7) is 5.59. The van der Waals surface area contributed by atoms with Gasteiger partial charge in [-0.15, -0.1) is 0 Å². The molecule has 3 N–H and O–H groups in total. The van der Waals surface area contributed by atoms with Crippen LogP contribution in [0, 0.1) is 0 Å². The standard InChI is InChI=1S/C38H41N3O5/c1-36(2,3)46-25-31(34(43)45-4)39-33(42)32-24-37(44)29-22-14-15-23-30(29)40-35(37)41(32)38(26-16-8-5-9-17-26,27-18-10-6-11-19-27)28-20-12-7-13-21-28/h5-23,31-32,35,40,44H,24-25H2,1-4H3,(H,39,42)/t31-,32-,35+,37-/m0/s1. The lowest BCUT2D eigenvalue weighted by Gasteiger charge is -2.48. The van der Waals surface area contributed by atoms with Gasteiger partial charge in [0.2, 0.25) is 5.91 Å². The molecule has 4 atom stereocenters. The molecular weight excluding hydrogens is 578 g/mol. The largest absolute Gasteiger partial charge is 0.467 e. The van der Waals surface area contributed by atoms with Crippen molar-refractivity contribution in [3.8, 4) is 0 Å². The van der Waals surface area contributed by atoms with Crippen LogP contribution in [0.5, 0.6) is 0 Å². The Morgan fingerprint density at radius 1 is 0.870 bits per heavy atom. The Bertz CT molecular complexity index is 1580. The van der Waals surface area contributed by atoms with E-state index in [1.54, 1.807) is 0 Å². The van der Waals surface area contributed by atoms with Crippen molar-refractivity contribution in [2.24, 2.45) is 0 Å². The molecule has 0 saturated carbocycles. The molecule has 0 unspecified atom stereocenters. The van der Waals surface area contributed by atoms with Crippen LogP contribution < -0.4 is 10.6 Å². The van der Waals surface area contributed by atoms with Gasteiger partial charge in [0.15, 0.2) is 6.04 Å². The maximum Gasteiger partial charge on any atom is 0.330 e. The van der Waals surface area contributed by atoms with Gasteiger partial charge in [-0.1, -0.05) is 109 Å². The summed E-state index contributed by atoms with van der Waals surface area (Å²) in [7, 11) is 1.29. The van der Waals surface area contributed by atoms with E-state index in [-0.39, 0.29) is 13.0 Å². The number of esters is 1. The molecular formula is C38H41N3O5. The molecule has 1 saturated heterocycles. The molecule has 6 rings (SSSR count). The summed E-state index contributed by atoms with van der Waals surface area (Å²) >= 11 is 0. The number of rotatable bonds is 9. The maximum atomic E-state index is 14.7. The van der Waals surface area contributed by atoms with Crippen molar-refractivity contribution in [2.45, 2.75) is 62.2 Å². The number of methoxy groups -OCH3 is 1. The van der Waals surface area contributed by atoms with Gasteiger partial charge in [-0.05, 0) is 43.5 Å². The second-order valence-electron chi connectivity index (χ2n) is 13.0. The number of anilines is 1. The third-order valence-corrected chi connectivity index (χ3v) is 9.01. The number of ether oxygens (including phenoxy) is 2. The average Bonchev–Trinajstić information content (AvgIpc) is 3.53. The van der Waals surface area contributed by atoms with E-state index in [1.807, 2.05) is 99.6 Å². The monoisotopic (exact) mass is 619 g/mol. The number of nitrogens with one attached hydrogen (secondary N) is 2. The second kappa shape index (κ2) is 12.4. The number of fused-ring (bicyclic) bond motifs is 3. The highest BCUT2D eigenvalue weighted by atomic mass is 16.5. The molecule has 0 aromatic heterocycles. The zero-order valence-electron chi connectivity index (χ0n) is 26.6. The van der Waals surface area contributed by atoms with Crippen molar-refractivity contribution in [1.29, 1.82) is 0 Å². The minimum Gasteiger partial charge on any atom is -0.467 e. The molecule has 238 valence electrons. The smallest absolute Gasteiger partial charge is 0.330 e. The third kappa shape index (κ3) is 5.47. The summed E-state index contributed by atoms with van der Waals surface area (Å²) in [5.74, 6) is -1.02. The SMILES string of the molecule is COC(=O)[C@H](COC(C)(C)C)NC(=O)[C@@H]1C[C@]2(O)c3ccccc3N[C@@H]2N1C(c1ccccc1)(c1ccccc1)c1ccccc1. The number of nitrogens with zero attached hydrogens (tertiary/aromatic N) is 1. The molecule has 8 heteroatoms. The Labute approximate surface area is 270 Å². The number of carbonyl (C=O) groups excluding carboxylic acids is 2.